The van der Waals surface area contributed by atoms with Crippen LogP contribution in [-0.2, 0) is 4.79 Å². The molecule has 1 saturated heterocycles. The van der Waals surface area contributed by atoms with Gasteiger partial charge in [-0.2, -0.15) is 0 Å². The molecule has 1 heterocycles. The molecule has 0 bridgehead atoms. The molecule has 1 aliphatic rings. The molecule has 3 N–H and O–H groups in total. The van der Waals surface area contributed by atoms with Crippen molar-refractivity contribution in [1.82, 2.24) is 0 Å². The number of nitrogens with one attached hydrogen (secondary N) is 3. The highest BCUT2D eigenvalue weighted by Gasteiger charge is 2.24. The molecule has 1 aromatic rings. The largest absolute Gasteiger partial charge is 0.326 e. The number of carbonyl (C=O) groups excluding carboxylic acids is 1. The van der Waals surface area contributed by atoms with Crippen molar-refractivity contribution in [1.29, 1.82) is 0 Å². The lowest BCUT2D eigenvalue weighted by molar-refractivity contribution is -1.01. The van der Waals surface area contributed by atoms with Gasteiger partial charge in [0.1, 0.15) is 26.2 Å². The molecule has 0 unspecified atom stereocenters. The van der Waals surface area contributed by atoms with Crippen LogP contribution in [0.2, 0.25) is 10.0 Å². The molecule has 116 valence electrons. The first-order valence-electron chi connectivity index (χ1n) is 7.50. The van der Waals surface area contributed by atoms with Gasteiger partial charge in [-0.3, -0.25) is 4.79 Å². The van der Waals surface area contributed by atoms with Gasteiger partial charge in [0, 0.05) is 5.02 Å². The highest BCUT2D eigenvalue weighted by atomic mass is 35.5. The Morgan fingerprint density at radius 2 is 1.86 bits per heavy atom. The van der Waals surface area contributed by atoms with Gasteiger partial charge >= 0.3 is 0 Å². The fourth-order valence-electron chi connectivity index (χ4n) is 2.75. The van der Waals surface area contributed by atoms with Gasteiger partial charge in [0.05, 0.1) is 17.3 Å². The second-order valence-electron chi connectivity index (χ2n) is 5.60. The number of benzene rings is 1. The molecule has 1 amide bonds. The average Bonchev–Trinajstić information content (AvgIpc) is 2.44. The molecule has 0 atom stereocenters. The maximum Gasteiger partial charge on any atom is 0.279 e. The molecule has 6 heteroatoms. The maximum absolute atomic E-state index is 12.1. The molecule has 0 radical (unpaired) electrons. The first-order valence-corrected chi connectivity index (χ1v) is 8.26. The SMILES string of the molecule is CCC[NH+]1CC[NH+](CC(=O)Nc2ccc(Cl)cc2Cl)CC1. The van der Waals surface area contributed by atoms with E-state index in [1.807, 2.05) is 0 Å². The minimum Gasteiger partial charge on any atom is -0.326 e. The van der Waals surface area contributed by atoms with Gasteiger partial charge in [-0.25, -0.2) is 0 Å². The van der Waals surface area contributed by atoms with E-state index in [1.54, 1.807) is 23.1 Å². The molecule has 21 heavy (non-hydrogen) atoms. The summed E-state index contributed by atoms with van der Waals surface area (Å²) in [5.41, 5.74) is 0.626. The Morgan fingerprint density at radius 1 is 1.19 bits per heavy atom. The lowest BCUT2D eigenvalue weighted by Gasteiger charge is -2.29. The molecule has 0 aliphatic carbocycles. The maximum atomic E-state index is 12.1. The predicted molar refractivity (Wildman–Crippen MR) is 86.5 cm³/mol. The number of rotatable bonds is 5. The minimum absolute atomic E-state index is 0.00756. The summed E-state index contributed by atoms with van der Waals surface area (Å²) in [6, 6.07) is 5.10. The Balaban J connectivity index is 1.80. The molecule has 1 aliphatic heterocycles. The van der Waals surface area contributed by atoms with Crippen LogP contribution in [0.1, 0.15) is 13.3 Å². The minimum atomic E-state index is 0.00756. The van der Waals surface area contributed by atoms with E-state index >= 15 is 0 Å². The standard InChI is InChI=1S/C15H21Cl2N3O/c1-2-5-19-6-8-20(9-7-19)11-15(21)18-14-4-3-12(16)10-13(14)17/h3-4,10H,2,5-9,11H2,1H3,(H,18,21)/p+2. The van der Waals surface area contributed by atoms with Gasteiger partial charge in [0.2, 0.25) is 0 Å². The Hall–Kier alpha value is -0.810. The van der Waals surface area contributed by atoms with Crippen LogP contribution in [0.25, 0.3) is 0 Å². The number of halogens is 2. The van der Waals surface area contributed by atoms with Crippen molar-refractivity contribution in [3.63, 3.8) is 0 Å². The summed E-state index contributed by atoms with van der Waals surface area (Å²) in [5.74, 6) is 0.00756. The van der Waals surface area contributed by atoms with Crippen molar-refractivity contribution in [2.24, 2.45) is 0 Å². The summed E-state index contributed by atoms with van der Waals surface area (Å²) in [4.78, 5) is 15.1. The van der Waals surface area contributed by atoms with E-state index in [9.17, 15) is 4.79 Å². The van der Waals surface area contributed by atoms with Crippen molar-refractivity contribution >= 4 is 34.8 Å². The Kier molecular flexibility index (Phi) is 6.30. The van der Waals surface area contributed by atoms with E-state index < -0.39 is 0 Å². The van der Waals surface area contributed by atoms with Crippen LogP contribution in [0.4, 0.5) is 5.69 Å². The van der Waals surface area contributed by atoms with Crippen LogP contribution in [0.15, 0.2) is 18.2 Å². The number of quaternary nitrogens is 2. The van der Waals surface area contributed by atoms with Gasteiger partial charge in [-0.05, 0) is 24.6 Å². The average molecular weight is 332 g/mol. The van der Waals surface area contributed by atoms with Crippen molar-refractivity contribution in [2.45, 2.75) is 13.3 Å². The van der Waals surface area contributed by atoms with Gasteiger partial charge in [0.25, 0.3) is 5.91 Å². The molecule has 4 nitrogen and oxygen atoms in total. The number of amides is 1. The molecule has 1 fully saturated rings. The van der Waals surface area contributed by atoms with Gasteiger partial charge in [0.15, 0.2) is 6.54 Å². The van der Waals surface area contributed by atoms with Crippen LogP contribution in [0.5, 0.6) is 0 Å². The van der Waals surface area contributed by atoms with Crippen LogP contribution < -0.4 is 15.1 Å². The lowest BCUT2D eigenvalue weighted by Crippen LogP contribution is -3.28. The molecule has 0 spiro atoms. The summed E-state index contributed by atoms with van der Waals surface area (Å²) in [7, 11) is 0. The van der Waals surface area contributed by atoms with Gasteiger partial charge < -0.3 is 15.1 Å². The Morgan fingerprint density at radius 3 is 2.48 bits per heavy atom. The third-order valence-corrected chi connectivity index (χ3v) is 4.43. The van der Waals surface area contributed by atoms with Gasteiger partial charge in [-0.1, -0.05) is 30.1 Å². The van der Waals surface area contributed by atoms with E-state index in [2.05, 4.69) is 12.2 Å². The quantitative estimate of drug-likeness (QED) is 0.704. The van der Waals surface area contributed by atoms with Crippen LogP contribution >= 0.6 is 23.2 Å². The summed E-state index contributed by atoms with van der Waals surface area (Å²) in [5, 5.41) is 3.91. The molecular formula is C15H23Cl2N3O+2. The van der Waals surface area contributed by atoms with Crippen molar-refractivity contribution in [2.75, 3.05) is 44.6 Å². The first-order chi connectivity index (χ1) is 10.1. The highest BCUT2D eigenvalue weighted by molar-refractivity contribution is 6.36. The van der Waals surface area contributed by atoms with Crippen LogP contribution in [0, 0.1) is 0 Å². The smallest absolute Gasteiger partial charge is 0.279 e. The number of hydrogen-bond acceptors (Lipinski definition) is 1. The lowest BCUT2D eigenvalue weighted by atomic mass is 10.3. The fourth-order valence-corrected chi connectivity index (χ4v) is 3.21. The number of anilines is 1. The molecule has 0 saturated carbocycles. The second-order valence-corrected chi connectivity index (χ2v) is 6.44. The second kappa shape index (κ2) is 7.99. The number of hydrogen-bond donors (Lipinski definition) is 3. The molecule has 1 aromatic carbocycles. The number of carbonyl (C=O) groups is 1. The molecule has 2 rings (SSSR count). The highest BCUT2D eigenvalue weighted by Crippen LogP contribution is 2.24. The van der Waals surface area contributed by atoms with Crippen molar-refractivity contribution in [3.8, 4) is 0 Å². The topological polar surface area (TPSA) is 38.0 Å². The van der Waals surface area contributed by atoms with E-state index in [-0.39, 0.29) is 5.91 Å². The normalized spacial score (nSPS) is 22.0. The monoisotopic (exact) mass is 331 g/mol. The van der Waals surface area contributed by atoms with E-state index in [1.165, 1.54) is 17.9 Å². The first kappa shape index (κ1) is 16.6. The van der Waals surface area contributed by atoms with E-state index in [0.29, 0.717) is 22.3 Å². The Bertz CT molecular complexity index is 488. The summed E-state index contributed by atoms with van der Waals surface area (Å²) < 4.78 is 0. The van der Waals surface area contributed by atoms with Crippen molar-refractivity contribution in [3.05, 3.63) is 28.2 Å². The summed E-state index contributed by atoms with van der Waals surface area (Å²) in [6.45, 7) is 8.36. The summed E-state index contributed by atoms with van der Waals surface area (Å²) in [6.07, 6.45) is 1.22. The fraction of sp³-hybridized carbons (Fsp3) is 0.533. The van der Waals surface area contributed by atoms with Crippen LogP contribution in [-0.4, -0.2) is 45.2 Å². The zero-order valence-corrected chi connectivity index (χ0v) is 13.9. The van der Waals surface area contributed by atoms with Crippen LogP contribution in [0.3, 0.4) is 0 Å². The summed E-state index contributed by atoms with van der Waals surface area (Å²) >= 11 is 11.9. The third-order valence-electron chi connectivity index (χ3n) is 3.88. The number of piperazine rings is 1. The zero-order valence-electron chi connectivity index (χ0n) is 12.3. The van der Waals surface area contributed by atoms with Crippen molar-refractivity contribution < 1.29 is 14.6 Å². The van der Waals surface area contributed by atoms with E-state index in [0.717, 1.165) is 26.2 Å². The Labute approximate surface area is 136 Å². The zero-order chi connectivity index (χ0) is 15.2. The van der Waals surface area contributed by atoms with Gasteiger partial charge in [-0.15, -0.1) is 0 Å². The molecule has 0 aromatic heterocycles. The molecular weight excluding hydrogens is 309 g/mol. The van der Waals surface area contributed by atoms with E-state index in [4.69, 9.17) is 23.2 Å². The third kappa shape index (κ3) is 5.15. The predicted octanol–water partition coefficient (Wildman–Crippen LogP) is 0.125.